The smallest absolute Gasteiger partial charge is 0.265 e. The summed E-state index contributed by atoms with van der Waals surface area (Å²) in [6.07, 6.45) is 1.56. The number of anilines is 1. The van der Waals surface area contributed by atoms with E-state index in [4.69, 9.17) is 21.3 Å². The number of hydrogen-bond donors (Lipinski definition) is 2. The molecule has 8 nitrogen and oxygen atoms in total. The Morgan fingerprint density at radius 1 is 1.31 bits per heavy atom. The van der Waals surface area contributed by atoms with E-state index in [-0.39, 0.29) is 22.6 Å². The van der Waals surface area contributed by atoms with E-state index in [2.05, 4.69) is 35.4 Å². The number of nitrogens with zero attached hydrogens (tertiary/aromatic N) is 3. The predicted octanol–water partition coefficient (Wildman–Crippen LogP) is 4.70. The number of fused-ring (bicyclic) bond motifs is 4. The largest absolute Gasteiger partial charge is 0.495 e. The maximum atomic E-state index is 13.8. The number of ether oxygens (including phenoxy) is 1. The SMILES string of the molecule is CCC1(C)Cc2ccccc2-c2nc3[nH]nc(SCC(=O)Nc4ccc(OC)c(Cl)c4)n3c(=O)c21. The molecule has 2 aromatic carbocycles. The summed E-state index contributed by atoms with van der Waals surface area (Å²) in [5.74, 6) is 0.687. The highest BCUT2D eigenvalue weighted by Gasteiger charge is 2.38. The molecule has 1 aliphatic carbocycles. The number of methoxy groups -OCH3 is 1. The van der Waals surface area contributed by atoms with Crippen molar-refractivity contribution in [3.05, 3.63) is 69.0 Å². The number of thioether (sulfide) groups is 1. The molecule has 1 amide bonds. The van der Waals surface area contributed by atoms with Crippen LogP contribution in [0.4, 0.5) is 5.69 Å². The van der Waals surface area contributed by atoms with Gasteiger partial charge in [0.05, 0.1) is 29.1 Å². The third-order valence-electron chi connectivity index (χ3n) is 6.53. The number of aromatic nitrogens is 4. The minimum atomic E-state index is -0.348. The van der Waals surface area contributed by atoms with Crippen molar-refractivity contribution in [3.8, 4) is 17.0 Å². The standard InChI is InChI=1S/C25H24ClN5O3S/c1-4-25(2)12-14-7-5-6-8-16(14)21-20(25)22(33)31-23(28-21)29-30-24(31)35-13-19(32)27-15-9-10-18(34-3)17(26)11-15/h5-11H,4,12-13H2,1-3H3,(H,27,32)(H,28,29). The lowest BCUT2D eigenvalue weighted by Crippen LogP contribution is -2.37. The Morgan fingerprint density at radius 2 is 2.11 bits per heavy atom. The number of halogens is 1. The molecule has 5 rings (SSSR count). The molecule has 0 radical (unpaired) electrons. The third-order valence-corrected chi connectivity index (χ3v) is 7.76. The van der Waals surface area contributed by atoms with Gasteiger partial charge < -0.3 is 10.1 Å². The van der Waals surface area contributed by atoms with Gasteiger partial charge in [0.15, 0.2) is 5.16 Å². The van der Waals surface area contributed by atoms with Crippen molar-refractivity contribution >= 4 is 40.7 Å². The zero-order valence-corrected chi connectivity index (χ0v) is 21.1. The number of benzene rings is 2. The number of nitrogens with one attached hydrogen (secondary N) is 2. The Labute approximate surface area is 211 Å². The monoisotopic (exact) mass is 509 g/mol. The lowest BCUT2D eigenvalue weighted by atomic mass is 9.69. The van der Waals surface area contributed by atoms with Gasteiger partial charge in [-0.2, -0.15) is 0 Å². The molecule has 0 aliphatic heterocycles. The van der Waals surface area contributed by atoms with Crippen LogP contribution in [0.1, 0.15) is 31.4 Å². The van der Waals surface area contributed by atoms with Gasteiger partial charge in [-0.25, -0.2) is 14.5 Å². The van der Waals surface area contributed by atoms with Gasteiger partial charge in [-0.15, -0.1) is 5.10 Å². The van der Waals surface area contributed by atoms with E-state index in [1.807, 2.05) is 18.2 Å². The van der Waals surface area contributed by atoms with Gasteiger partial charge in [-0.1, -0.05) is 61.5 Å². The fourth-order valence-electron chi connectivity index (χ4n) is 4.54. The number of carbonyl (C=O) groups excluding carboxylic acids is 1. The summed E-state index contributed by atoms with van der Waals surface area (Å²) in [6, 6.07) is 13.1. The summed E-state index contributed by atoms with van der Waals surface area (Å²) in [6.45, 7) is 4.20. The molecule has 2 N–H and O–H groups in total. The van der Waals surface area contributed by atoms with E-state index in [0.29, 0.717) is 38.7 Å². The molecule has 35 heavy (non-hydrogen) atoms. The van der Waals surface area contributed by atoms with Crippen molar-refractivity contribution in [1.82, 2.24) is 19.6 Å². The molecule has 180 valence electrons. The molecule has 2 heterocycles. The van der Waals surface area contributed by atoms with Crippen LogP contribution < -0.4 is 15.6 Å². The molecule has 4 aromatic rings. The highest BCUT2D eigenvalue weighted by atomic mass is 35.5. The van der Waals surface area contributed by atoms with E-state index in [1.54, 1.807) is 18.2 Å². The molecule has 2 aromatic heterocycles. The van der Waals surface area contributed by atoms with Gasteiger partial charge in [0.2, 0.25) is 11.7 Å². The molecular formula is C25H24ClN5O3S. The maximum absolute atomic E-state index is 13.8. The van der Waals surface area contributed by atoms with Crippen LogP contribution in [0.2, 0.25) is 5.02 Å². The summed E-state index contributed by atoms with van der Waals surface area (Å²) >= 11 is 7.30. The van der Waals surface area contributed by atoms with Crippen molar-refractivity contribution in [1.29, 1.82) is 0 Å². The number of rotatable bonds is 6. The first kappa shape index (κ1) is 23.4. The first-order chi connectivity index (χ1) is 16.8. The number of amides is 1. The van der Waals surface area contributed by atoms with Crippen molar-refractivity contribution in [2.24, 2.45) is 0 Å². The summed E-state index contributed by atoms with van der Waals surface area (Å²) in [4.78, 5) is 31.2. The summed E-state index contributed by atoms with van der Waals surface area (Å²) in [7, 11) is 1.53. The molecule has 0 saturated carbocycles. The Hall–Kier alpha value is -3.30. The quantitative estimate of drug-likeness (QED) is 0.365. The van der Waals surface area contributed by atoms with Crippen molar-refractivity contribution in [2.75, 3.05) is 18.2 Å². The second kappa shape index (κ2) is 9.05. The van der Waals surface area contributed by atoms with Crippen LogP contribution in [-0.4, -0.2) is 38.4 Å². The van der Waals surface area contributed by atoms with E-state index in [0.717, 1.165) is 30.2 Å². The topological polar surface area (TPSA) is 101 Å². The van der Waals surface area contributed by atoms with Crippen LogP contribution >= 0.6 is 23.4 Å². The van der Waals surface area contributed by atoms with E-state index < -0.39 is 0 Å². The maximum Gasteiger partial charge on any atom is 0.265 e. The zero-order chi connectivity index (χ0) is 24.7. The number of H-pyrrole nitrogens is 1. The zero-order valence-electron chi connectivity index (χ0n) is 19.5. The number of hydrogen-bond acceptors (Lipinski definition) is 6. The highest BCUT2D eigenvalue weighted by molar-refractivity contribution is 7.99. The van der Waals surface area contributed by atoms with Crippen LogP contribution in [0.5, 0.6) is 5.75 Å². The normalized spacial score (nSPS) is 16.6. The Balaban J connectivity index is 1.45. The van der Waals surface area contributed by atoms with Crippen LogP contribution in [0.25, 0.3) is 17.0 Å². The van der Waals surface area contributed by atoms with Crippen molar-refractivity contribution in [2.45, 2.75) is 37.3 Å². The molecule has 0 bridgehead atoms. The molecule has 10 heteroatoms. The fraction of sp³-hybridized carbons (Fsp3) is 0.280. The van der Waals surface area contributed by atoms with Gasteiger partial charge in [0.25, 0.3) is 5.56 Å². The Morgan fingerprint density at radius 3 is 2.86 bits per heavy atom. The number of carbonyl (C=O) groups is 1. The van der Waals surface area contributed by atoms with Gasteiger partial charge in [-0.3, -0.25) is 9.59 Å². The summed E-state index contributed by atoms with van der Waals surface area (Å²) in [5.41, 5.74) is 3.62. The first-order valence-electron chi connectivity index (χ1n) is 11.2. The Bertz CT molecular complexity index is 1520. The first-order valence-corrected chi connectivity index (χ1v) is 12.6. The Kier molecular flexibility index (Phi) is 6.06. The van der Waals surface area contributed by atoms with Crippen LogP contribution in [0.3, 0.4) is 0 Å². The van der Waals surface area contributed by atoms with Crippen LogP contribution in [-0.2, 0) is 16.6 Å². The van der Waals surface area contributed by atoms with Gasteiger partial charge in [0, 0.05) is 16.7 Å². The predicted molar refractivity (Wildman–Crippen MR) is 138 cm³/mol. The molecular weight excluding hydrogens is 486 g/mol. The molecule has 0 fully saturated rings. The average molecular weight is 510 g/mol. The molecule has 0 spiro atoms. The van der Waals surface area contributed by atoms with E-state index in [1.165, 1.54) is 17.1 Å². The van der Waals surface area contributed by atoms with Gasteiger partial charge in [-0.05, 0) is 36.6 Å². The van der Waals surface area contributed by atoms with Crippen LogP contribution in [0.15, 0.2) is 52.4 Å². The van der Waals surface area contributed by atoms with E-state index >= 15 is 0 Å². The van der Waals surface area contributed by atoms with E-state index in [9.17, 15) is 9.59 Å². The lowest BCUT2D eigenvalue weighted by Gasteiger charge is -2.34. The van der Waals surface area contributed by atoms with Crippen molar-refractivity contribution < 1.29 is 9.53 Å². The van der Waals surface area contributed by atoms with Crippen LogP contribution in [0, 0.1) is 0 Å². The molecule has 1 atom stereocenters. The van der Waals surface area contributed by atoms with Gasteiger partial charge in [0.1, 0.15) is 5.75 Å². The second-order valence-electron chi connectivity index (χ2n) is 8.74. The average Bonchev–Trinajstić information content (AvgIpc) is 3.26. The fourth-order valence-corrected chi connectivity index (χ4v) is 5.54. The third kappa shape index (κ3) is 4.08. The summed E-state index contributed by atoms with van der Waals surface area (Å²) in [5, 5.41) is 10.8. The minimum Gasteiger partial charge on any atom is -0.495 e. The molecule has 1 aliphatic rings. The van der Waals surface area contributed by atoms with Gasteiger partial charge >= 0.3 is 0 Å². The minimum absolute atomic E-state index is 0.0566. The summed E-state index contributed by atoms with van der Waals surface area (Å²) < 4.78 is 6.61. The lowest BCUT2D eigenvalue weighted by molar-refractivity contribution is -0.113. The molecule has 1 unspecified atom stereocenters. The second-order valence-corrected chi connectivity index (χ2v) is 10.1. The van der Waals surface area contributed by atoms with Crippen molar-refractivity contribution in [3.63, 3.8) is 0 Å². The molecule has 0 saturated heterocycles. The highest BCUT2D eigenvalue weighted by Crippen LogP contribution is 2.42. The number of aromatic amines is 1.